The fraction of sp³-hybridized carbons (Fsp3) is 0.111. The molecule has 3 nitrogen and oxygen atoms in total. The molecule has 104 valence electrons. The second-order valence-corrected chi connectivity index (χ2v) is 5.11. The van der Waals surface area contributed by atoms with Gasteiger partial charge in [0.05, 0.1) is 11.3 Å². The number of aromatic nitrogens is 2. The lowest BCUT2D eigenvalue weighted by atomic mass is 10.00. The van der Waals surface area contributed by atoms with Gasteiger partial charge in [0, 0.05) is 0 Å². The molecule has 1 aromatic heterocycles. The maximum Gasteiger partial charge on any atom is 0.272 e. The third-order valence-electron chi connectivity index (χ3n) is 3.42. The summed E-state index contributed by atoms with van der Waals surface area (Å²) in [7, 11) is 0. The van der Waals surface area contributed by atoms with Gasteiger partial charge in [0.15, 0.2) is 0 Å². The summed E-state index contributed by atoms with van der Waals surface area (Å²) in [4.78, 5) is 11.9. The number of aromatic amines is 1. The van der Waals surface area contributed by atoms with E-state index in [0.717, 1.165) is 17.7 Å². The minimum Gasteiger partial charge on any atom is -0.267 e. The van der Waals surface area contributed by atoms with Gasteiger partial charge < -0.3 is 0 Å². The lowest BCUT2D eigenvalue weighted by molar-refractivity contribution is 0.949. The molecule has 1 N–H and O–H groups in total. The number of hydrogen-bond donors (Lipinski definition) is 1. The number of nitrogens with one attached hydrogen (secondary N) is 1. The molecule has 0 aliphatic carbocycles. The molecule has 21 heavy (non-hydrogen) atoms. The van der Waals surface area contributed by atoms with E-state index in [0.29, 0.717) is 5.56 Å². The molecule has 0 aliphatic heterocycles. The summed E-state index contributed by atoms with van der Waals surface area (Å²) in [5.74, 6) is 0. The van der Waals surface area contributed by atoms with Crippen molar-refractivity contribution >= 4 is 0 Å². The van der Waals surface area contributed by atoms with Crippen LogP contribution in [0.4, 0.5) is 0 Å². The first kappa shape index (κ1) is 13.3. The van der Waals surface area contributed by atoms with E-state index in [2.05, 4.69) is 34.5 Å². The summed E-state index contributed by atoms with van der Waals surface area (Å²) >= 11 is 0. The highest BCUT2D eigenvalue weighted by Crippen LogP contribution is 2.19. The molecule has 0 radical (unpaired) electrons. The maximum absolute atomic E-state index is 11.9. The van der Waals surface area contributed by atoms with Crippen molar-refractivity contribution < 1.29 is 0 Å². The first-order valence-electron chi connectivity index (χ1n) is 6.92. The number of H-pyrrole nitrogens is 1. The second-order valence-electron chi connectivity index (χ2n) is 5.11. The Hall–Kier alpha value is -2.68. The van der Waals surface area contributed by atoms with Crippen LogP contribution in [0.25, 0.3) is 11.1 Å². The lowest BCUT2D eigenvalue weighted by Crippen LogP contribution is -2.11. The standard InChI is InChI=1S/C18H16N2O/c1-13-10-17(18(21)20-19-13)16-9-5-8-15(12-16)11-14-6-3-2-4-7-14/h2-10,12H,11H2,1H3,(H,20,21). The van der Waals surface area contributed by atoms with Gasteiger partial charge in [-0.1, -0.05) is 54.6 Å². The number of benzene rings is 2. The van der Waals surface area contributed by atoms with Crippen molar-refractivity contribution in [3.05, 3.63) is 87.8 Å². The monoisotopic (exact) mass is 276 g/mol. The first-order valence-corrected chi connectivity index (χ1v) is 6.92. The quantitative estimate of drug-likeness (QED) is 0.797. The van der Waals surface area contributed by atoms with Crippen molar-refractivity contribution in [1.82, 2.24) is 10.2 Å². The molecular weight excluding hydrogens is 260 g/mol. The Balaban J connectivity index is 1.97. The van der Waals surface area contributed by atoms with Crippen LogP contribution in [0.15, 0.2) is 65.5 Å². The molecule has 0 amide bonds. The Morgan fingerprint density at radius 3 is 2.52 bits per heavy atom. The zero-order valence-corrected chi connectivity index (χ0v) is 11.8. The highest BCUT2D eigenvalue weighted by Gasteiger charge is 2.05. The molecule has 0 saturated carbocycles. The third-order valence-corrected chi connectivity index (χ3v) is 3.42. The molecule has 0 bridgehead atoms. The zero-order chi connectivity index (χ0) is 14.7. The van der Waals surface area contributed by atoms with E-state index in [1.807, 2.05) is 43.3 Å². The maximum atomic E-state index is 11.9. The van der Waals surface area contributed by atoms with Crippen LogP contribution < -0.4 is 5.56 Å². The van der Waals surface area contributed by atoms with Gasteiger partial charge in [0.25, 0.3) is 5.56 Å². The molecule has 0 spiro atoms. The fourth-order valence-corrected chi connectivity index (χ4v) is 2.40. The molecule has 0 aliphatic rings. The van der Waals surface area contributed by atoms with Crippen molar-refractivity contribution in [3.63, 3.8) is 0 Å². The van der Waals surface area contributed by atoms with Crippen molar-refractivity contribution in [2.24, 2.45) is 0 Å². The Morgan fingerprint density at radius 2 is 1.71 bits per heavy atom. The largest absolute Gasteiger partial charge is 0.272 e. The van der Waals surface area contributed by atoms with E-state index in [1.165, 1.54) is 11.1 Å². The van der Waals surface area contributed by atoms with E-state index >= 15 is 0 Å². The van der Waals surface area contributed by atoms with Gasteiger partial charge in [-0.25, -0.2) is 5.10 Å². The number of nitrogens with zero attached hydrogens (tertiary/aromatic N) is 1. The number of rotatable bonds is 3. The number of aryl methyl sites for hydroxylation is 1. The van der Waals surface area contributed by atoms with Crippen molar-refractivity contribution in [2.75, 3.05) is 0 Å². The average molecular weight is 276 g/mol. The fourth-order valence-electron chi connectivity index (χ4n) is 2.40. The van der Waals surface area contributed by atoms with E-state index in [4.69, 9.17) is 0 Å². The third kappa shape index (κ3) is 3.08. The summed E-state index contributed by atoms with van der Waals surface area (Å²) < 4.78 is 0. The van der Waals surface area contributed by atoms with E-state index in [9.17, 15) is 4.79 Å². The molecule has 0 fully saturated rings. The van der Waals surface area contributed by atoms with Gasteiger partial charge in [-0.05, 0) is 36.1 Å². The van der Waals surface area contributed by atoms with Crippen LogP contribution in [0.3, 0.4) is 0 Å². The Morgan fingerprint density at radius 1 is 0.952 bits per heavy atom. The van der Waals surface area contributed by atoms with Gasteiger partial charge in [-0.3, -0.25) is 4.79 Å². The van der Waals surface area contributed by atoms with Crippen LogP contribution in [-0.2, 0) is 6.42 Å². The minimum atomic E-state index is -0.155. The zero-order valence-electron chi connectivity index (χ0n) is 11.8. The topological polar surface area (TPSA) is 45.8 Å². The second kappa shape index (κ2) is 5.75. The predicted octanol–water partition coefficient (Wildman–Crippen LogP) is 3.34. The van der Waals surface area contributed by atoms with Crippen molar-refractivity contribution in [2.45, 2.75) is 13.3 Å². The molecule has 0 unspecified atom stereocenters. The van der Waals surface area contributed by atoms with E-state index < -0.39 is 0 Å². The number of hydrogen-bond acceptors (Lipinski definition) is 2. The van der Waals surface area contributed by atoms with E-state index in [-0.39, 0.29) is 5.56 Å². The lowest BCUT2D eigenvalue weighted by Gasteiger charge is -2.06. The van der Waals surface area contributed by atoms with Gasteiger partial charge >= 0.3 is 0 Å². The van der Waals surface area contributed by atoms with Crippen LogP contribution in [0.5, 0.6) is 0 Å². The molecule has 1 heterocycles. The van der Waals surface area contributed by atoms with Crippen molar-refractivity contribution in [3.8, 4) is 11.1 Å². The summed E-state index contributed by atoms with van der Waals surface area (Å²) in [6.45, 7) is 1.87. The molecule has 3 heteroatoms. The minimum absolute atomic E-state index is 0.155. The highest BCUT2D eigenvalue weighted by molar-refractivity contribution is 5.63. The molecule has 3 aromatic rings. The molecule has 0 atom stereocenters. The van der Waals surface area contributed by atoms with Crippen LogP contribution in [-0.4, -0.2) is 10.2 Å². The first-order chi connectivity index (χ1) is 10.2. The summed E-state index contributed by atoms with van der Waals surface area (Å²) in [6.07, 6.45) is 0.858. The van der Waals surface area contributed by atoms with Crippen LogP contribution in [0.1, 0.15) is 16.8 Å². The summed E-state index contributed by atoms with van der Waals surface area (Å²) in [5.41, 5.74) is 4.69. The van der Waals surface area contributed by atoms with Gasteiger partial charge in [-0.2, -0.15) is 5.10 Å². The Bertz CT molecular complexity index is 807. The van der Waals surface area contributed by atoms with Gasteiger partial charge in [0.2, 0.25) is 0 Å². The van der Waals surface area contributed by atoms with Gasteiger partial charge in [-0.15, -0.1) is 0 Å². The smallest absolute Gasteiger partial charge is 0.267 e. The SMILES string of the molecule is Cc1cc(-c2cccc(Cc3ccccc3)c2)c(=O)[nH]n1. The average Bonchev–Trinajstić information content (AvgIpc) is 2.51. The van der Waals surface area contributed by atoms with Crippen LogP contribution >= 0.6 is 0 Å². The highest BCUT2D eigenvalue weighted by atomic mass is 16.1. The molecular formula is C18H16N2O. The van der Waals surface area contributed by atoms with E-state index in [1.54, 1.807) is 0 Å². The van der Waals surface area contributed by atoms with Crippen LogP contribution in [0.2, 0.25) is 0 Å². The predicted molar refractivity (Wildman–Crippen MR) is 84.3 cm³/mol. The van der Waals surface area contributed by atoms with Crippen LogP contribution in [0, 0.1) is 6.92 Å². The molecule has 3 rings (SSSR count). The Kier molecular flexibility index (Phi) is 3.65. The summed E-state index contributed by atoms with van der Waals surface area (Å²) in [5, 5.41) is 6.45. The van der Waals surface area contributed by atoms with Gasteiger partial charge in [0.1, 0.15) is 0 Å². The molecule has 0 saturated heterocycles. The molecule has 2 aromatic carbocycles. The Labute approximate surface area is 123 Å². The normalized spacial score (nSPS) is 10.5. The van der Waals surface area contributed by atoms with Crippen molar-refractivity contribution in [1.29, 1.82) is 0 Å². The summed E-state index contributed by atoms with van der Waals surface area (Å²) in [6, 6.07) is 20.2.